The summed E-state index contributed by atoms with van der Waals surface area (Å²) >= 11 is 0. The van der Waals surface area contributed by atoms with Gasteiger partial charge in [0.15, 0.2) is 14.9 Å². The average molecular weight is 241 g/mol. The highest BCUT2D eigenvalue weighted by molar-refractivity contribution is 7.91. The van der Waals surface area contributed by atoms with Crippen molar-refractivity contribution in [3.63, 3.8) is 0 Å². The summed E-state index contributed by atoms with van der Waals surface area (Å²) in [6.45, 7) is 1.77. The molecule has 1 aliphatic rings. The smallest absolute Gasteiger partial charge is 0.197 e. The molecular formula is C10H15N3O2S. The van der Waals surface area contributed by atoms with Crippen molar-refractivity contribution in [3.8, 4) is 0 Å². The number of hydrogen-bond donors (Lipinski definition) is 1. The maximum Gasteiger partial charge on any atom is 0.197 e. The first-order valence-corrected chi connectivity index (χ1v) is 7.03. The molecule has 88 valence electrons. The summed E-state index contributed by atoms with van der Waals surface area (Å²) in [7, 11) is -3.27. The second-order valence-corrected chi connectivity index (χ2v) is 6.02. The zero-order chi connectivity index (χ0) is 11.4. The number of aromatic nitrogens is 2. The third-order valence-electron chi connectivity index (χ3n) is 2.71. The summed E-state index contributed by atoms with van der Waals surface area (Å²) in [5.74, 6) is 0.361. The largest absolute Gasteiger partial charge is 0.316 e. The lowest BCUT2D eigenvalue weighted by atomic mass is 10.0. The number of sulfone groups is 1. The highest BCUT2D eigenvalue weighted by atomic mass is 32.2. The van der Waals surface area contributed by atoms with Crippen LogP contribution in [0.15, 0.2) is 23.6 Å². The summed E-state index contributed by atoms with van der Waals surface area (Å²) in [6, 6.07) is 0. The van der Waals surface area contributed by atoms with Gasteiger partial charge in [-0.15, -0.1) is 0 Å². The van der Waals surface area contributed by atoms with Gasteiger partial charge in [0, 0.05) is 12.4 Å². The molecule has 16 heavy (non-hydrogen) atoms. The first-order valence-electron chi connectivity index (χ1n) is 5.38. The highest BCUT2D eigenvalue weighted by Crippen LogP contribution is 2.16. The van der Waals surface area contributed by atoms with E-state index in [-0.39, 0.29) is 16.7 Å². The molecule has 1 atom stereocenters. The Morgan fingerprint density at radius 2 is 2.31 bits per heavy atom. The SMILES string of the molecule is O=S(=O)(C[C@@H]1CCCNC1)c1cnccn1. The Labute approximate surface area is 95.2 Å². The molecule has 0 radical (unpaired) electrons. The zero-order valence-corrected chi connectivity index (χ0v) is 9.78. The van der Waals surface area contributed by atoms with E-state index < -0.39 is 9.84 Å². The molecule has 2 heterocycles. The maximum absolute atomic E-state index is 12.0. The number of hydrogen-bond acceptors (Lipinski definition) is 5. The Morgan fingerprint density at radius 1 is 1.44 bits per heavy atom. The van der Waals surface area contributed by atoms with E-state index in [4.69, 9.17) is 0 Å². The van der Waals surface area contributed by atoms with Gasteiger partial charge in [0.25, 0.3) is 0 Å². The molecule has 0 amide bonds. The number of nitrogens with zero attached hydrogens (tertiary/aromatic N) is 2. The van der Waals surface area contributed by atoms with Crippen LogP contribution in [0.2, 0.25) is 0 Å². The van der Waals surface area contributed by atoms with Gasteiger partial charge in [0.2, 0.25) is 0 Å². The lowest BCUT2D eigenvalue weighted by Crippen LogP contribution is -2.34. The van der Waals surface area contributed by atoms with Gasteiger partial charge in [-0.25, -0.2) is 13.4 Å². The highest BCUT2D eigenvalue weighted by Gasteiger charge is 2.23. The summed E-state index contributed by atoms with van der Waals surface area (Å²) in [4.78, 5) is 7.63. The molecule has 0 saturated carbocycles. The lowest BCUT2D eigenvalue weighted by molar-refractivity contribution is 0.403. The van der Waals surface area contributed by atoms with Crippen LogP contribution in [-0.4, -0.2) is 37.2 Å². The first-order chi connectivity index (χ1) is 7.68. The van der Waals surface area contributed by atoms with Crippen molar-refractivity contribution in [1.82, 2.24) is 15.3 Å². The van der Waals surface area contributed by atoms with E-state index in [1.807, 2.05) is 0 Å². The number of nitrogens with one attached hydrogen (secondary N) is 1. The molecule has 0 aliphatic carbocycles. The van der Waals surface area contributed by atoms with Crippen LogP contribution in [0.1, 0.15) is 12.8 Å². The van der Waals surface area contributed by atoms with Gasteiger partial charge < -0.3 is 5.32 Å². The molecule has 1 fully saturated rings. The van der Waals surface area contributed by atoms with Gasteiger partial charge >= 0.3 is 0 Å². The molecule has 0 aromatic carbocycles. The second kappa shape index (κ2) is 4.88. The molecule has 1 saturated heterocycles. The molecule has 1 N–H and O–H groups in total. The molecule has 5 nitrogen and oxygen atoms in total. The number of piperidine rings is 1. The fraction of sp³-hybridized carbons (Fsp3) is 0.600. The second-order valence-electron chi connectivity index (χ2n) is 4.04. The molecular weight excluding hydrogens is 226 g/mol. The minimum absolute atomic E-state index is 0.0839. The summed E-state index contributed by atoms with van der Waals surface area (Å²) < 4.78 is 23.9. The van der Waals surface area contributed by atoms with Crippen LogP contribution in [0.5, 0.6) is 0 Å². The van der Waals surface area contributed by atoms with Crippen molar-refractivity contribution in [1.29, 1.82) is 0 Å². The van der Waals surface area contributed by atoms with Crippen LogP contribution < -0.4 is 5.32 Å². The molecule has 1 aliphatic heterocycles. The van der Waals surface area contributed by atoms with Crippen LogP contribution in [0.4, 0.5) is 0 Å². The predicted octanol–water partition coefficient (Wildman–Crippen LogP) is 0.250. The predicted molar refractivity (Wildman–Crippen MR) is 59.7 cm³/mol. The Hall–Kier alpha value is -1.01. The Morgan fingerprint density at radius 3 is 2.94 bits per heavy atom. The Kier molecular flexibility index (Phi) is 3.50. The van der Waals surface area contributed by atoms with E-state index in [9.17, 15) is 8.42 Å². The van der Waals surface area contributed by atoms with Gasteiger partial charge in [0.1, 0.15) is 0 Å². The van der Waals surface area contributed by atoms with E-state index in [0.29, 0.717) is 0 Å². The Bertz CT molecular complexity index is 427. The van der Waals surface area contributed by atoms with E-state index in [1.165, 1.54) is 18.6 Å². The molecule has 0 bridgehead atoms. The van der Waals surface area contributed by atoms with Gasteiger partial charge in [-0.2, -0.15) is 0 Å². The van der Waals surface area contributed by atoms with Crippen molar-refractivity contribution in [2.45, 2.75) is 17.9 Å². The van der Waals surface area contributed by atoms with Gasteiger partial charge in [-0.05, 0) is 31.8 Å². The van der Waals surface area contributed by atoms with Crippen molar-refractivity contribution in [3.05, 3.63) is 18.6 Å². The molecule has 0 unspecified atom stereocenters. The summed E-state index contributed by atoms with van der Waals surface area (Å²) in [5, 5.41) is 3.29. The van der Waals surface area contributed by atoms with Crippen molar-refractivity contribution in [2.24, 2.45) is 5.92 Å². The minimum Gasteiger partial charge on any atom is -0.316 e. The standard InChI is InChI=1S/C10H15N3O2S/c14-16(15,10-7-12-4-5-13-10)8-9-2-1-3-11-6-9/h4-5,7,9,11H,1-3,6,8H2/t9-/m1/s1. The summed E-state index contributed by atoms with van der Waals surface area (Å²) in [6.07, 6.45) is 6.20. The van der Waals surface area contributed by atoms with E-state index >= 15 is 0 Å². The van der Waals surface area contributed by atoms with E-state index in [0.717, 1.165) is 25.9 Å². The van der Waals surface area contributed by atoms with Crippen LogP contribution in [0.25, 0.3) is 0 Å². The van der Waals surface area contributed by atoms with E-state index in [2.05, 4.69) is 15.3 Å². The number of rotatable bonds is 3. The van der Waals surface area contributed by atoms with Crippen molar-refractivity contribution >= 4 is 9.84 Å². The molecule has 6 heteroatoms. The Balaban J connectivity index is 2.08. The monoisotopic (exact) mass is 241 g/mol. The fourth-order valence-corrected chi connectivity index (χ4v) is 3.43. The van der Waals surface area contributed by atoms with Crippen LogP contribution in [0, 0.1) is 5.92 Å². The van der Waals surface area contributed by atoms with E-state index in [1.54, 1.807) is 0 Å². The molecule has 1 aromatic rings. The normalized spacial score (nSPS) is 21.9. The van der Waals surface area contributed by atoms with Gasteiger partial charge in [-0.1, -0.05) is 0 Å². The zero-order valence-electron chi connectivity index (χ0n) is 8.96. The lowest BCUT2D eigenvalue weighted by Gasteiger charge is -2.22. The summed E-state index contributed by atoms with van der Waals surface area (Å²) in [5.41, 5.74) is 0. The maximum atomic E-state index is 12.0. The fourth-order valence-electron chi connectivity index (χ4n) is 1.91. The first kappa shape index (κ1) is 11.5. The molecule has 1 aromatic heterocycles. The third-order valence-corrected chi connectivity index (χ3v) is 4.47. The van der Waals surface area contributed by atoms with Crippen LogP contribution >= 0.6 is 0 Å². The average Bonchev–Trinajstić information content (AvgIpc) is 2.31. The quantitative estimate of drug-likeness (QED) is 0.821. The van der Waals surface area contributed by atoms with Crippen molar-refractivity contribution < 1.29 is 8.42 Å². The van der Waals surface area contributed by atoms with Crippen molar-refractivity contribution in [2.75, 3.05) is 18.8 Å². The topological polar surface area (TPSA) is 72.0 Å². The van der Waals surface area contributed by atoms with Crippen LogP contribution in [-0.2, 0) is 9.84 Å². The molecule has 0 spiro atoms. The van der Waals surface area contributed by atoms with Gasteiger partial charge in [0.05, 0.1) is 11.9 Å². The third kappa shape index (κ3) is 2.76. The molecule has 2 rings (SSSR count). The minimum atomic E-state index is -3.27. The van der Waals surface area contributed by atoms with Gasteiger partial charge in [-0.3, -0.25) is 4.98 Å². The van der Waals surface area contributed by atoms with Crippen LogP contribution in [0.3, 0.4) is 0 Å².